The minimum Gasteiger partial charge on any atom is -0.310 e. The zero-order valence-corrected chi connectivity index (χ0v) is 18.5. The molecule has 0 aliphatic heterocycles. The van der Waals surface area contributed by atoms with Gasteiger partial charge in [0.2, 0.25) is 0 Å². The summed E-state index contributed by atoms with van der Waals surface area (Å²) in [7, 11) is 0. The number of rotatable bonds is 4. The number of aryl methyl sites for hydroxylation is 5. The van der Waals surface area contributed by atoms with E-state index in [1.165, 1.54) is 50.3 Å². The molecule has 0 fully saturated rings. The second-order valence-corrected chi connectivity index (χ2v) is 8.28. The molecular formula is C29H29N. The van der Waals surface area contributed by atoms with Gasteiger partial charge >= 0.3 is 0 Å². The quantitative estimate of drug-likeness (QED) is 0.338. The Morgan fingerprint density at radius 1 is 0.467 bits per heavy atom. The minimum atomic E-state index is 1.16. The number of benzene rings is 4. The molecule has 0 heterocycles. The molecule has 150 valence electrons. The van der Waals surface area contributed by atoms with Crippen LogP contribution in [0.2, 0.25) is 0 Å². The van der Waals surface area contributed by atoms with Gasteiger partial charge in [0.1, 0.15) is 0 Å². The van der Waals surface area contributed by atoms with Crippen LogP contribution in [0, 0.1) is 34.6 Å². The van der Waals surface area contributed by atoms with Gasteiger partial charge in [-0.15, -0.1) is 0 Å². The molecule has 0 spiro atoms. The first-order valence-electron chi connectivity index (χ1n) is 10.5. The molecule has 0 bridgehead atoms. The fourth-order valence-electron chi connectivity index (χ4n) is 4.39. The molecule has 4 aromatic carbocycles. The summed E-state index contributed by atoms with van der Waals surface area (Å²) in [6, 6.07) is 30.7. The smallest absolute Gasteiger partial charge is 0.0464 e. The highest BCUT2D eigenvalue weighted by Gasteiger charge is 2.15. The summed E-state index contributed by atoms with van der Waals surface area (Å²) < 4.78 is 0. The lowest BCUT2D eigenvalue weighted by Gasteiger charge is -2.26. The Bertz CT molecular complexity index is 1150. The van der Waals surface area contributed by atoms with Crippen molar-refractivity contribution in [3.8, 4) is 11.1 Å². The van der Waals surface area contributed by atoms with E-state index >= 15 is 0 Å². The van der Waals surface area contributed by atoms with Crippen LogP contribution in [0.3, 0.4) is 0 Å². The molecule has 1 heteroatoms. The Morgan fingerprint density at radius 2 is 1.03 bits per heavy atom. The number of nitrogens with zero attached hydrogens (tertiary/aromatic N) is 1. The van der Waals surface area contributed by atoms with Gasteiger partial charge in [0.25, 0.3) is 0 Å². The highest BCUT2D eigenvalue weighted by atomic mass is 15.1. The van der Waals surface area contributed by atoms with Gasteiger partial charge in [-0.3, -0.25) is 0 Å². The summed E-state index contributed by atoms with van der Waals surface area (Å²) in [5.74, 6) is 0. The fourth-order valence-corrected chi connectivity index (χ4v) is 4.39. The van der Waals surface area contributed by atoms with Crippen molar-refractivity contribution in [3.05, 3.63) is 113 Å². The standard InChI is InChI=1S/C29H29N/c1-20-11-13-26(14-12-20)30(25-9-7-6-8-10-25)27-15-16-28(22(3)19-27)29-23(4)17-21(2)18-24(29)5/h6-19H,1-5H3. The van der Waals surface area contributed by atoms with Crippen LogP contribution in [0.1, 0.15) is 27.8 Å². The van der Waals surface area contributed by atoms with Crippen LogP contribution >= 0.6 is 0 Å². The topological polar surface area (TPSA) is 3.24 Å². The molecule has 4 aromatic rings. The maximum atomic E-state index is 2.32. The van der Waals surface area contributed by atoms with E-state index in [0.717, 1.165) is 5.69 Å². The number of para-hydroxylation sites is 1. The normalized spacial score (nSPS) is 10.8. The first-order chi connectivity index (χ1) is 14.4. The van der Waals surface area contributed by atoms with Crippen LogP contribution in [-0.4, -0.2) is 0 Å². The van der Waals surface area contributed by atoms with E-state index in [-0.39, 0.29) is 0 Å². The molecule has 0 amide bonds. The van der Waals surface area contributed by atoms with Crippen LogP contribution in [0.25, 0.3) is 11.1 Å². The van der Waals surface area contributed by atoms with Gasteiger partial charge < -0.3 is 4.90 Å². The van der Waals surface area contributed by atoms with E-state index in [1.54, 1.807) is 0 Å². The molecule has 0 saturated heterocycles. The maximum Gasteiger partial charge on any atom is 0.0464 e. The Morgan fingerprint density at radius 3 is 1.63 bits per heavy atom. The molecule has 0 N–H and O–H groups in total. The molecule has 0 aromatic heterocycles. The van der Waals surface area contributed by atoms with Crippen molar-refractivity contribution in [2.24, 2.45) is 0 Å². The third-order valence-corrected chi connectivity index (χ3v) is 5.72. The molecule has 0 saturated carbocycles. The molecule has 0 atom stereocenters. The second-order valence-electron chi connectivity index (χ2n) is 8.28. The zero-order chi connectivity index (χ0) is 21.3. The highest BCUT2D eigenvalue weighted by molar-refractivity contribution is 5.81. The summed E-state index contributed by atoms with van der Waals surface area (Å²) in [4.78, 5) is 2.32. The van der Waals surface area contributed by atoms with Crippen LogP contribution < -0.4 is 4.90 Å². The summed E-state index contributed by atoms with van der Waals surface area (Å²) in [6.45, 7) is 10.9. The largest absolute Gasteiger partial charge is 0.310 e. The molecule has 1 nitrogen and oxygen atoms in total. The van der Waals surface area contributed by atoms with E-state index in [1.807, 2.05) is 0 Å². The molecule has 0 unspecified atom stereocenters. The average Bonchev–Trinajstić information content (AvgIpc) is 2.71. The molecule has 0 aliphatic carbocycles. The van der Waals surface area contributed by atoms with E-state index < -0.39 is 0 Å². The van der Waals surface area contributed by atoms with Gasteiger partial charge in [-0.05, 0) is 98.8 Å². The Labute approximate surface area is 180 Å². The highest BCUT2D eigenvalue weighted by Crippen LogP contribution is 2.38. The van der Waals surface area contributed by atoms with Crippen molar-refractivity contribution in [1.82, 2.24) is 0 Å². The number of hydrogen-bond acceptors (Lipinski definition) is 1. The number of hydrogen-bond donors (Lipinski definition) is 0. The minimum absolute atomic E-state index is 1.16. The van der Waals surface area contributed by atoms with Crippen molar-refractivity contribution in [1.29, 1.82) is 0 Å². The predicted octanol–water partition coefficient (Wildman–Crippen LogP) is 8.37. The van der Waals surface area contributed by atoms with E-state index in [9.17, 15) is 0 Å². The van der Waals surface area contributed by atoms with Gasteiger partial charge in [-0.25, -0.2) is 0 Å². The van der Waals surface area contributed by atoms with Crippen molar-refractivity contribution < 1.29 is 0 Å². The molecule has 30 heavy (non-hydrogen) atoms. The lowest BCUT2D eigenvalue weighted by Crippen LogP contribution is -2.10. The van der Waals surface area contributed by atoms with E-state index in [4.69, 9.17) is 0 Å². The van der Waals surface area contributed by atoms with Crippen LogP contribution in [0.15, 0.2) is 84.9 Å². The molecule has 0 aliphatic rings. The van der Waals surface area contributed by atoms with Gasteiger partial charge in [-0.1, -0.05) is 59.7 Å². The van der Waals surface area contributed by atoms with E-state index in [0.29, 0.717) is 0 Å². The van der Waals surface area contributed by atoms with Crippen molar-refractivity contribution in [2.45, 2.75) is 34.6 Å². The summed E-state index contributed by atoms with van der Waals surface area (Å²) in [6.07, 6.45) is 0. The third kappa shape index (κ3) is 3.89. The zero-order valence-electron chi connectivity index (χ0n) is 18.5. The van der Waals surface area contributed by atoms with Crippen LogP contribution in [-0.2, 0) is 0 Å². The summed E-state index contributed by atoms with van der Waals surface area (Å²) in [5, 5.41) is 0. The van der Waals surface area contributed by atoms with Gasteiger partial charge in [0, 0.05) is 17.1 Å². The van der Waals surface area contributed by atoms with Crippen LogP contribution in [0.4, 0.5) is 17.1 Å². The van der Waals surface area contributed by atoms with Gasteiger partial charge in [0.05, 0.1) is 0 Å². The first kappa shape index (κ1) is 20.0. The maximum absolute atomic E-state index is 2.32. The van der Waals surface area contributed by atoms with Gasteiger partial charge in [0.15, 0.2) is 0 Å². The first-order valence-corrected chi connectivity index (χ1v) is 10.5. The average molecular weight is 392 g/mol. The SMILES string of the molecule is Cc1ccc(N(c2ccccc2)c2ccc(-c3c(C)cc(C)cc3C)c(C)c2)cc1. The summed E-state index contributed by atoms with van der Waals surface area (Å²) in [5.41, 5.74) is 12.7. The fraction of sp³-hybridized carbons (Fsp3) is 0.172. The number of anilines is 3. The van der Waals surface area contributed by atoms with Crippen molar-refractivity contribution >= 4 is 17.1 Å². The van der Waals surface area contributed by atoms with E-state index in [2.05, 4.69) is 124 Å². The Balaban J connectivity index is 1.84. The second kappa shape index (κ2) is 8.20. The Kier molecular flexibility index (Phi) is 5.46. The predicted molar refractivity (Wildman–Crippen MR) is 130 cm³/mol. The van der Waals surface area contributed by atoms with Gasteiger partial charge in [-0.2, -0.15) is 0 Å². The lowest BCUT2D eigenvalue weighted by atomic mass is 9.91. The Hall–Kier alpha value is -3.32. The van der Waals surface area contributed by atoms with Crippen molar-refractivity contribution in [3.63, 3.8) is 0 Å². The van der Waals surface area contributed by atoms with Crippen molar-refractivity contribution in [2.75, 3.05) is 4.90 Å². The summed E-state index contributed by atoms with van der Waals surface area (Å²) >= 11 is 0. The van der Waals surface area contributed by atoms with Crippen LogP contribution in [0.5, 0.6) is 0 Å². The molecular weight excluding hydrogens is 362 g/mol. The molecule has 0 radical (unpaired) electrons. The third-order valence-electron chi connectivity index (χ3n) is 5.72. The monoisotopic (exact) mass is 391 g/mol. The molecule has 4 rings (SSSR count). The lowest BCUT2D eigenvalue weighted by molar-refractivity contribution is 1.26.